The second-order valence-electron chi connectivity index (χ2n) is 6.69. The Morgan fingerprint density at radius 2 is 2.19 bits per heavy atom. The van der Waals surface area contributed by atoms with E-state index in [2.05, 4.69) is 36.9 Å². The zero-order valence-electron chi connectivity index (χ0n) is 13.3. The van der Waals surface area contributed by atoms with Gasteiger partial charge in [0, 0.05) is 30.1 Å². The molecule has 2 N–H and O–H groups in total. The predicted octanol–water partition coefficient (Wildman–Crippen LogP) is 3.27. The standard InChI is InChI=1S/C18H28N2O/c1-3-15-6-4-5-9-20(15)11-14-12-21-17-8-7-13(2)10-16(17)18(14)19/h7-8,10,14-15,18H,3-6,9,11-12,19H2,1-2H3. The summed E-state index contributed by atoms with van der Waals surface area (Å²) in [4.78, 5) is 2.65. The summed E-state index contributed by atoms with van der Waals surface area (Å²) in [6, 6.07) is 7.21. The van der Waals surface area contributed by atoms with E-state index in [-0.39, 0.29) is 6.04 Å². The molecule has 1 fully saturated rings. The first-order chi connectivity index (χ1) is 10.2. The molecule has 1 saturated heterocycles. The van der Waals surface area contributed by atoms with E-state index in [0.29, 0.717) is 5.92 Å². The molecule has 0 saturated carbocycles. The van der Waals surface area contributed by atoms with E-state index in [9.17, 15) is 0 Å². The van der Waals surface area contributed by atoms with Gasteiger partial charge < -0.3 is 10.5 Å². The lowest BCUT2D eigenvalue weighted by Crippen LogP contribution is -2.46. The highest BCUT2D eigenvalue weighted by molar-refractivity contribution is 5.40. The van der Waals surface area contributed by atoms with Gasteiger partial charge in [-0.05, 0) is 38.8 Å². The van der Waals surface area contributed by atoms with E-state index in [1.54, 1.807) is 0 Å². The summed E-state index contributed by atoms with van der Waals surface area (Å²) >= 11 is 0. The minimum atomic E-state index is 0.105. The van der Waals surface area contributed by atoms with Crippen LogP contribution in [0.25, 0.3) is 0 Å². The number of likely N-dealkylation sites (tertiary alicyclic amines) is 1. The molecule has 116 valence electrons. The third-order valence-corrected chi connectivity index (χ3v) is 5.17. The molecule has 3 rings (SSSR count). The van der Waals surface area contributed by atoms with E-state index in [0.717, 1.165) is 24.9 Å². The smallest absolute Gasteiger partial charge is 0.124 e. The van der Waals surface area contributed by atoms with Crippen LogP contribution in [0.1, 0.15) is 49.8 Å². The Hall–Kier alpha value is -1.06. The molecule has 0 spiro atoms. The van der Waals surface area contributed by atoms with Crippen LogP contribution >= 0.6 is 0 Å². The highest BCUT2D eigenvalue weighted by Gasteiger charge is 2.32. The first kappa shape index (κ1) is 14.9. The first-order valence-corrected chi connectivity index (χ1v) is 8.42. The molecule has 3 heteroatoms. The molecule has 3 unspecified atom stereocenters. The van der Waals surface area contributed by atoms with Gasteiger partial charge in [-0.25, -0.2) is 0 Å². The summed E-state index contributed by atoms with van der Waals surface area (Å²) in [6.45, 7) is 7.48. The quantitative estimate of drug-likeness (QED) is 0.927. The van der Waals surface area contributed by atoms with E-state index < -0.39 is 0 Å². The van der Waals surface area contributed by atoms with Crippen LogP contribution in [0.15, 0.2) is 18.2 Å². The number of rotatable bonds is 3. The molecule has 2 aliphatic heterocycles. The monoisotopic (exact) mass is 288 g/mol. The maximum atomic E-state index is 6.56. The summed E-state index contributed by atoms with van der Waals surface area (Å²) in [6.07, 6.45) is 5.30. The van der Waals surface area contributed by atoms with Crippen molar-refractivity contribution in [2.24, 2.45) is 11.7 Å². The number of piperidine rings is 1. The average molecular weight is 288 g/mol. The normalized spacial score (nSPS) is 29.8. The minimum Gasteiger partial charge on any atom is -0.493 e. The van der Waals surface area contributed by atoms with Crippen LogP contribution in [0.2, 0.25) is 0 Å². The van der Waals surface area contributed by atoms with Crippen molar-refractivity contribution in [2.75, 3.05) is 19.7 Å². The molecule has 1 aromatic carbocycles. The molecule has 1 aromatic rings. The number of nitrogens with two attached hydrogens (primary N) is 1. The molecule has 0 aromatic heterocycles. The molecule has 0 bridgehead atoms. The van der Waals surface area contributed by atoms with Crippen molar-refractivity contribution >= 4 is 0 Å². The first-order valence-electron chi connectivity index (χ1n) is 8.42. The molecular formula is C18H28N2O. The molecule has 3 atom stereocenters. The topological polar surface area (TPSA) is 38.5 Å². The van der Waals surface area contributed by atoms with E-state index in [4.69, 9.17) is 10.5 Å². The summed E-state index contributed by atoms with van der Waals surface area (Å²) in [5, 5.41) is 0. The van der Waals surface area contributed by atoms with Gasteiger partial charge in [0.15, 0.2) is 0 Å². The number of ether oxygens (including phenoxy) is 1. The maximum Gasteiger partial charge on any atom is 0.124 e. The van der Waals surface area contributed by atoms with Crippen molar-refractivity contribution in [1.82, 2.24) is 4.90 Å². The van der Waals surface area contributed by atoms with Crippen LogP contribution in [0.4, 0.5) is 0 Å². The summed E-state index contributed by atoms with van der Waals surface area (Å²) in [7, 11) is 0. The number of benzene rings is 1. The Labute approximate surface area is 128 Å². The van der Waals surface area contributed by atoms with Crippen molar-refractivity contribution in [3.05, 3.63) is 29.3 Å². The Kier molecular flexibility index (Phi) is 4.51. The number of hydrogen-bond acceptors (Lipinski definition) is 3. The molecule has 0 aliphatic carbocycles. The fourth-order valence-corrected chi connectivity index (χ4v) is 3.84. The van der Waals surface area contributed by atoms with Gasteiger partial charge in [0.25, 0.3) is 0 Å². The second-order valence-corrected chi connectivity index (χ2v) is 6.69. The fraction of sp³-hybridized carbons (Fsp3) is 0.667. The molecule has 0 radical (unpaired) electrons. The second kappa shape index (κ2) is 6.37. The van der Waals surface area contributed by atoms with Gasteiger partial charge in [-0.15, -0.1) is 0 Å². The van der Waals surface area contributed by atoms with Gasteiger partial charge in [0.1, 0.15) is 5.75 Å². The Morgan fingerprint density at radius 1 is 1.33 bits per heavy atom. The van der Waals surface area contributed by atoms with Crippen molar-refractivity contribution in [3.8, 4) is 5.75 Å². The lowest BCUT2D eigenvalue weighted by molar-refractivity contribution is 0.0851. The average Bonchev–Trinajstić information content (AvgIpc) is 2.51. The van der Waals surface area contributed by atoms with Crippen molar-refractivity contribution < 1.29 is 4.74 Å². The predicted molar refractivity (Wildman–Crippen MR) is 86.6 cm³/mol. The Bertz CT molecular complexity index is 488. The number of hydrogen-bond donors (Lipinski definition) is 1. The van der Waals surface area contributed by atoms with Crippen LogP contribution in [0.5, 0.6) is 5.75 Å². The summed E-state index contributed by atoms with van der Waals surface area (Å²) in [5.74, 6) is 1.39. The van der Waals surface area contributed by atoms with Gasteiger partial charge in [-0.1, -0.05) is 31.0 Å². The number of aryl methyl sites for hydroxylation is 1. The van der Waals surface area contributed by atoms with E-state index in [1.807, 2.05) is 0 Å². The van der Waals surface area contributed by atoms with Gasteiger partial charge in [-0.2, -0.15) is 0 Å². The van der Waals surface area contributed by atoms with Gasteiger partial charge in [0.05, 0.1) is 6.61 Å². The third-order valence-electron chi connectivity index (χ3n) is 5.17. The summed E-state index contributed by atoms with van der Waals surface area (Å²) in [5.41, 5.74) is 9.01. The van der Waals surface area contributed by atoms with Gasteiger partial charge >= 0.3 is 0 Å². The lowest BCUT2D eigenvalue weighted by atomic mass is 9.88. The third kappa shape index (κ3) is 3.09. The molecule has 3 nitrogen and oxygen atoms in total. The minimum absolute atomic E-state index is 0.105. The zero-order chi connectivity index (χ0) is 14.8. The number of fused-ring (bicyclic) bond motifs is 1. The zero-order valence-corrected chi connectivity index (χ0v) is 13.3. The van der Waals surface area contributed by atoms with Crippen LogP contribution in [-0.2, 0) is 0 Å². The highest BCUT2D eigenvalue weighted by Crippen LogP contribution is 2.35. The highest BCUT2D eigenvalue weighted by atomic mass is 16.5. The van der Waals surface area contributed by atoms with E-state index in [1.165, 1.54) is 43.4 Å². The number of nitrogens with zero attached hydrogens (tertiary/aromatic N) is 1. The lowest BCUT2D eigenvalue weighted by Gasteiger charge is -2.40. The van der Waals surface area contributed by atoms with Crippen molar-refractivity contribution in [1.29, 1.82) is 0 Å². The molecule has 21 heavy (non-hydrogen) atoms. The molecule has 0 amide bonds. The van der Waals surface area contributed by atoms with Crippen LogP contribution in [0.3, 0.4) is 0 Å². The fourth-order valence-electron chi connectivity index (χ4n) is 3.84. The molecule has 2 aliphatic rings. The molecule has 2 heterocycles. The Morgan fingerprint density at radius 3 is 3.00 bits per heavy atom. The largest absolute Gasteiger partial charge is 0.493 e. The Balaban J connectivity index is 1.72. The van der Waals surface area contributed by atoms with E-state index >= 15 is 0 Å². The van der Waals surface area contributed by atoms with Gasteiger partial charge in [-0.3, -0.25) is 4.90 Å². The van der Waals surface area contributed by atoms with Crippen LogP contribution in [-0.4, -0.2) is 30.6 Å². The maximum absolute atomic E-state index is 6.56. The summed E-state index contributed by atoms with van der Waals surface area (Å²) < 4.78 is 5.97. The van der Waals surface area contributed by atoms with Gasteiger partial charge in [0.2, 0.25) is 0 Å². The van der Waals surface area contributed by atoms with Crippen molar-refractivity contribution in [2.45, 2.75) is 51.6 Å². The SMILES string of the molecule is CCC1CCCCN1CC1COc2ccc(C)cc2C1N. The van der Waals surface area contributed by atoms with Crippen LogP contribution in [0, 0.1) is 12.8 Å². The van der Waals surface area contributed by atoms with Crippen molar-refractivity contribution in [3.63, 3.8) is 0 Å². The molecular weight excluding hydrogens is 260 g/mol. The van der Waals surface area contributed by atoms with Crippen LogP contribution < -0.4 is 10.5 Å².